The molecule has 8 nitrogen and oxygen atoms in total. The van der Waals surface area contributed by atoms with E-state index >= 15 is 0 Å². The lowest BCUT2D eigenvalue weighted by Gasteiger charge is -2.35. The van der Waals surface area contributed by atoms with Gasteiger partial charge in [-0.25, -0.2) is 13.2 Å². The van der Waals surface area contributed by atoms with Crippen molar-refractivity contribution in [3.63, 3.8) is 0 Å². The average Bonchev–Trinajstić information content (AvgIpc) is 3.44. The fraction of sp³-hybridized carbons (Fsp3) is 0.440. The number of carbonyl (C=O) groups excluding carboxylic acids is 2. The van der Waals surface area contributed by atoms with E-state index < -0.39 is 9.84 Å². The van der Waals surface area contributed by atoms with Crippen LogP contribution in [0.25, 0.3) is 6.08 Å². The summed E-state index contributed by atoms with van der Waals surface area (Å²) in [5.74, 6) is 0.618. The minimum atomic E-state index is -3.41. The number of cyclic esters (lactones) is 1. The fourth-order valence-electron chi connectivity index (χ4n) is 4.91. The van der Waals surface area contributed by atoms with Crippen LogP contribution in [0, 0.1) is 0 Å². The summed E-state index contributed by atoms with van der Waals surface area (Å²) >= 11 is 1.09. The SMILES string of the molecule is CS(=O)(=O)c1sc(C(=O)N2CCC(N3CC(COc4ccccc4)OC3=O)CC2)c2c1C=CCC2. The van der Waals surface area contributed by atoms with Gasteiger partial charge in [-0.2, -0.15) is 0 Å². The Bertz CT molecular complexity index is 1250. The first-order valence-electron chi connectivity index (χ1n) is 11.8. The summed E-state index contributed by atoms with van der Waals surface area (Å²) in [7, 11) is -3.41. The zero-order valence-corrected chi connectivity index (χ0v) is 21.1. The molecule has 2 fully saturated rings. The summed E-state index contributed by atoms with van der Waals surface area (Å²) in [6, 6.07) is 9.42. The summed E-state index contributed by atoms with van der Waals surface area (Å²) in [5, 5.41) is 0. The van der Waals surface area contributed by atoms with Crippen molar-refractivity contribution in [1.82, 2.24) is 9.80 Å². The highest BCUT2D eigenvalue weighted by molar-refractivity contribution is 7.92. The molecular formula is C25H28N2O6S2. The Morgan fingerprint density at radius 2 is 1.94 bits per heavy atom. The molecule has 35 heavy (non-hydrogen) atoms. The van der Waals surface area contributed by atoms with Crippen LogP contribution >= 0.6 is 11.3 Å². The minimum absolute atomic E-state index is 0.0000369. The highest BCUT2D eigenvalue weighted by atomic mass is 32.2. The number of sulfone groups is 1. The lowest BCUT2D eigenvalue weighted by molar-refractivity contribution is 0.0662. The number of benzene rings is 1. The number of nitrogens with zero attached hydrogens (tertiary/aromatic N) is 2. The van der Waals surface area contributed by atoms with Crippen LogP contribution in [0.2, 0.25) is 0 Å². The van der Waals surface area contributed by atoms with Crippen molar-refractivity contribution in [1.29, 1.82) is 0 Å². The lowest BCUT2D eigenvalue weighted by atomic mass is 9.98. The van der Waals surface area contributed by atoms with Gasteiger partial charge >= 0.3 is 6.09 Å². The second-order valence-electron chi connectivity index (χ2n) is 9.13. The summed E-state index contributed by atoms with van der Waals surface area (Å²) < 4.78 is 36.1. The fourth-order valence-corrected chi connectivity index (χ4v) is 7.39. The van der Waals surface area contributed by atoms with Crippen LogP contribution in [0.4, 0.5) is 4.79 Å². The van der Waals surface area contributed by atoms with Gasteiger partial charge in [0.15, 0.2) is 15.9 Å². The molecule has 0 radical (unpaired) electrons. The molecule has 2 amide bonds. The van der Waals surface area contributed by atoms with Gasteiger partial charge in [-0.1, -0.05) is 30.4 Å². The standard InChI is InChI=1S/C25H28N2O6S2/c1-35(30,31)24-21-10-6-5-9-20(21)22(34-24)23(28)26-13-11-17(12-14-26)27-15-19(33-25(27)29)16-32-18-7-3-2-4-8-18/h2-4,6-8,10,17,19H,5,9,11-16H2,1H3. The Kier molecular flexibility index (Phi) is 6.59. The number of hydrogen-bond donors (Lipinski definition) is 0. The molecule has 1 aliphatic carbocycles. The van der Waals surface area contributed by atoms with E-state index in [2.05, 4.69) is 0 Å². The third-order valence-corrected chi connectivity index (χ3v) is 9.75. The predicted octanol–water partition coefficient (Wildman–Crippen LogP) is 3.62. The summed E-state index contributed by atoms with van der Waals surface area (Å²) in [6.07, 6.45) is 7.06. The molecule has 10 heteroatoms. The predicted molar refractivity (Wildman–Crippen MR) is 133 cm³/mol. The van der Waals surface area contributed by atoms with Gasteiger partial charge in [-0.05, 0) is 43.4 Å². The molecule has 1 atom stereocenters. The van der Waals surface area contributed by atoms with E-state index in [9.17, 15) is 18.0 Å². The molecule has 1 aromatic heterocycles. The Balaban J connectivity index is 1.20. The number of ether oxygens (including phenoxy) is 2. The van der Waals surface area contributed by atoms with E-state index in [0.29, 0.717) is 55.9 Å². The van der Waals surface area contributed by atoms with Crippen LogP contribution in [0.1, 0.15) is 40.1 Å². The van der Waals surface area contributed by atoms with Crippen molar-refractivity contribution < 1.29 is 27.5 Å². The van der Waals surface area contributed by atoms with Crippen molar-refractivity contribution in [2.45, 2.75) is 42.0 Å². The third kappa shape index (κ3) is 4.95. The number of amides is 2. The topological polar surface area (TPSA) is 93.2 Å². The number of rotatable bonds is 6. The second kappa shape index (κ2) is 9.66. The molecule has 2 aromatic rings. The van der Waals surface area contributed by atoms with Crippen LogP contribution in [0.3, 0.4) is 0 Å². The average molecular weight is 517 g/mol. The van der Waals surface area contributed by atoms with E-state index in [1.165, 1.54) is 6.26 Å². The minimum Gasteiger partial charge on any atom is -0.490 e. The number of likely N-dealkylation sites (tertiary alicyclic amines) is 1. The van der Waals surface area contributed by atoms with Crippen molar-refractivity contribution in [2.75, 3.05) is 32.5 Å². The quantitative estimate of drug-likeness (QED) is 0.582. The van der Waals surface area contributed by atoms with Crippen LogP contribution in [-0.2, 0) is 21.0 Å². The summed E-state index contributed by atoms with van der Waals surface area (Å²) in [4.78, 5) is 29.9. The maximum atomic E-state index is 13.4. The lowest BCUT2D eigenvalue weighted by Crippen LogP contribution is -2.47. The van der Waals surface area contributed by atoms with E-state index in [4.69, 9.17) is 9.47 Å². The number of fused-ring (bicyclic) bond motifs is 1. The molecule has 3 aliphatic rings. The van der Waals surface area contributed by atoms with Gasteiger partial charge in [0, 0.05) is 31.0 Å². The smallest absolute Gasteiger partial charge is 0.410 e. The first kappa shape index (κ1) is 23.9. The van der Waals surface area contributed by atoms with E-state index in [1.54, 1.807) is 9.80 Å². The van der Waals surface area contributed by atoms with E-state index in [-0.39, 0.29) is 28.4 Å². The maximum absolute atomic E-state index is 13.4. The summed E-state index contributed by atoms with van der Waals surface area (Å²) in [5.41, 5.74) is 1.51. The van der Waals surface area contributed by atoms with Gasteiger partial charge in [-0.15, -0.1) is 11.3 Å². The molecule has 1 unspecified atom stereocenters. The number of thiophene rings is 1. The van der Waals surface area contributed by atoms with E-state index in [1.807, 2.05) is 42.5 Å². The van der Waals surface area contributed by atoms with Gasteiger partial charge < -0.3 is 19.3 Å². The highest BCUT2D eigenvalue weighted by Gasteiger charge is 2.39. The summed E-state index contributed by atoms with van der Waals surface area (Å²) in [6.45, 7) is 1.78. The monoisotopic (exact) mass is 516 g/mol. The van der Waals surface area contributed by atoms with Gasteiger partial charge in [0.05, 0.1) is 11.4 Å². The number of para-hydroxylation sites is 1. The number of allylic oxidation sites excluding steroid dienone is 1. The maximum Gasteiger partial charge on any atom is 0.410 e. The number of piperidine rings is 1. The van der Waals surface area contributed by atoms with Gasteiger partial charge in [0.2, 0.25) is 0 Å². The molecule has 0 saturated carbocycles. The molecule has 0 bridgehead atoms. The zero-order valence-electron chi connectivity index (χ0n) is 19.5. The van der Waals surface area contributed by atoms with Crippen molar-refractivity contribution in [3.05, 3.63) is 52.4 Å². The molecule has 5 rings (SSSR count). The Morgan fingerprint density at radius 3 is 2.66 bits per heavy atom. The first-order valence-corrected chi connectivity index (χ1v) is 14.5. The first-order chi connectivity index (χ1) is 16.8. The normalized spacial score (nSPS) is 20.6. The van der Waals surface area contributed by atoms with Crippen LogP contribution < -0.4 is 4.74 Å². The zero-order chi connectivity index (χ0) is 24.6. The third-order valence-electron chi connectivity index (χ3n) is 6.66. The molecule has 0 N–H and O–H groups in total. The Morgan fingerprint density at radius 1 is 1.20 bits per heavy atom. The Labute approximate surface area is 209 Å². The molecular weight excluding hydrogens is 488 g/mol. The van der Waals surface area contributed by atoms with Crippen LogP contribution in [-0.4, -0.2) is 74.9 Å². The van der Waals surface area contributed by atoms with Crippen LogP contribution in [0.5, 0.6) is 5.75 Å². The molecule has 2 aliphatic heterocycles. The number of hydrogen-bond acceptors (Lipinski definition) is 7. The second-order valence-corrected chi connectivity index (χ2v) is 12.4. The number of carbonyl (C=O) groups is 2. The van der Waals surface area contributed by atoms with Crippen molar-refractivity contribution >= 4 is 39.3 Å². The Hall–Kier alpha value is -2.85. The van der Waals surface area contributed by atoms with Gasteiger partial charge in [-0.3, -0.25) is 4.79 Å². The molecule has 3 heterocycles. The molecule has 2 saturated heterocycles. The van der Waals surface area contributed by atoms with Gasteiger partial charge in [0.1, 0.15) is 16.6 Å². The highest BCUT2D eigenvalue weighted by Crippen LogP contribution is 2.38. The van der Waals surface area contributed by atoms with Crippen molar-refractivity contribution in [3.8, 4) is 5.75 Å². The van der Waals surface area contributed by atoms with Crippen molar-refractivity contribution in [2.24, 2.45) is 0 Å². The molecule has 0 spiro atoms. The van der Waals surface area contributed by atoms with Gasteiger partial charge in [0.25, 0.3) is 5.91 Å². The largest absolute Gasteiger partial charge is 0.490 e. The van der Waals surface area contributed by atoms with E-state index in [0.717, 1.165) is 29.1 Å². The molecule has 1 aromatic carbocycles. The molecule has 186 valence electrons. The van der Waals surface area contributed by atoms with Crippen LogP contribution in [0.15, 0.2) is 40.6 Å².